The Morgan fingerprint density at radius 2 is 1.58 bits per heavy atom. The molecule has 0 unspecified atom stereocenters. The number of benzene rings is 2. The molecule has 1 heterocycles. The lowest BCUT2D eigenvalue weighted by Crippen LogP contribution is -2.51. The molecule has 7 nitrogen and oxygen atoms in total. The van der Waals surface area contributed by atoms with Crippen LogP contribution in [-0.2, 0) is 16.6 Å². The maximum atomic E-state index is 13.4. The molecule has 210 valence electrons. The van der Waals surface area contributed by atoms with Gasteiger partial charge in [0.1, 0.15) is 5.82 Å². The van der Waals surface area contributed by atoms with Crippen LogP contribution in [0.2, 0.25) is 5.02 Å². The number of nitrogens with one attached hydrogen (secondary N) is 1. The van der Waals surface area contributed by atoms with E-state index in [1.54, 1.807) is 29.2 Å². The molecular formula is C28H40ClFN4O3S. The van der Waals surface area contributed by atoms with Gasteiger partial charge in [-0.05, 0) is 48.4 Å². The standard InChI is InChI=1S/C28H40ClFN4O3S/c1-2-3-4-5-6-7-16-31-28(35)33(23-24-8-12-26(30)13-9-24)20-17-32-18-21-34(22-19-32)38(36,37)27-14-10-25(29)11-15-27/h8-15H,2-7,16-23H2,1H3,(H,31,35). The summed E-state index contributed by atoms with van der Waals surface area (Å²) in [5.74, 6) is -0.306. The lowest BCUT2D eigenvalue weighted by atomic mass is 10.1. The monoisotopic (exact) mass is 566 g/mol. The summed E-state index contributed by atoms with van der Waals surface area (Å²) in [5.41, 5.74) is 0.861. The second kappa shape index (κ2) is 15.4. The summed E-state index contributed by atoms with van der Waals surface area (Å²) in [7, 11) is -3.57. The Kier molecular flexibility index (Phi) is 12.3. The van der Waals surface area contributed by atoms with Crippen molar-refractivity contribution in [2.24, 2.45) is 0 Å². The summed E-state index contributed by atoms with van der Waals surface area (Å²) < 4.78 is 40.8. The molecule has 1 N–H and O–H groups in total. The summed E-state index contributed by atoms with van der Waals surface area (Å²) in [6.45, 7) is 6.25. The zero-order valence-corrected chi connectivity index (χ0v) is 23.8. The van der Waals surface area contributed by atoms with E-state index < -0.39 is 10.0 Å². The Labute approximate surface area is 232 Å². The molecule has 0 aliphatic carbocycles. The maximum Gasteiger partial charge on any atom is 0.317 e. The van der Waals surface area contributed by atoms with Crippen LogP contribution in [0.1, 0.15) is 51.0 Å². The summed E-state index contributed by atoms with van der Waals surface area (Å²) in [5, 5.41) is 3.53. The van der Waals surface area contributed by atoms with Crippen molar-refractivity contribution in [3.63, 3.8) is 0 Å². The fourth-order valence-corrected chi connectivity index (χ4v) is 6.03. The predicted octanol–water partition coefficient (Wildman–Crippen LogP) is 5.36. The molecule has 2 aromatic carbocycles. The van der Waals surface area contributed by atoms with Crippen molar-refractivity contribution in [2.75, 3.05) is 45.8 Å². The van der Waals surface area contributed by atoms with E-state index in [1.807, 2.05) is 0 Å². The van der Waals surface area contributed by atoms with Gasteiger partial charge in [0.2, 0.25) is 10.0 Å². The molecule has 0 atom stereocenters. The van der Waals surface area contributed by atoms with Crippen molar-refractivity contribution in [1.29, 1.82) is 0 Å². The van der Waals surface area contributed by atoms with Gasteiger partial charge in [-0.1, -0.05) is 62.8 Å². The summed E-state index contributed by atoms with van der Waals surface area (Å²) >= 11 is 5.90. The first-order chi connectivity index (χ1) is 18.3. The normalized spacial score (nSPS) is 14.9. The molecule has 3 rings (SSSR count). The van der Waals surface area contributed by atoms with Gasteiger partial charge < -0.3 is 10.2 Å². The van der Waals surface area contributed by atoms with Crippen molar-refractivity contribution in [3.8, 4) is 0 Å². The van der Waals surface area contributed by atoms with Crippen molar-refractivity contribution in [3.05, 3.63) is 64.9 Å². The number of hydrogen-bond donors (Lipinski definition) is 1. The molecule has 2 aromatic rings. The molecule has 10 heteroatoms. The van der Waals surface area contributed by atoms with Gasteiger partial charge in [-0.3, -0.25) is 4.90 Å². The van der Waals surface area contributed by atoms with Gasteiger partial charge >= 0.3 is 6.03 Å². The number of urea groups is 1. The van der Waals surface area contributed by atoms with Gasteiger partial charge in [-0.25, -0.2) is 17.6 Å². The minimum absolute atomic E-state index is 0.133. The molecule has 1 aliphatic rings. The number of unbranched alkanes of at least 4 members (excludes halogenated alkanes) is 5. The van der Waals surface area contributed by atoms with Crippen molar-refractivity contribution in [1.82, 2.24) is 19.4 Å². The Bertz CT molecular complexity index is 1090. The van der Waals surface area contributed by atoms with E-state index in [1.165, 1.54) is 54.3 Å². The van der Waals surface area contributed by atoms with E-state index in [9.17, 15) is 17.6 Å². The second-order valence-electron chi connectivity index (χ2n) is 9.75. The van der Waals surface area contributed by atoms with Gasteiger partial charge in [-0.2, -0.15) is 4.31 Å². The van der Waals surface area contributed by atoms with Crippen molar-refractivity contribution in [2.45, 2.75) is 56.9 Å². The summed E-state index contributed by atoms with van der Waals surface area (Å²) in [4.78, 5) is 17.2. The number of rotatable bonds is 14. The minimum atomic E-state index is -3.57. The quantitative estimate of drug-likeness (QED) is 0.313. The Balaban J connectivity index is 1.51. The molecule has 0 bridgehead atoms. The Morgan fingerprint density at radius 1 is 0.947 bits per heavy atom. The fourth-order valence-electron chi connectivity index (χ4n) is 4.49. The van der Waals surface area contributed by atoms with Crippen molar-refractivity contribution < 1.29 is 17.6 Å². The molecule has 0 saturated carbocycles. The van der Waals surface area contributed by atoms with Crippen LogP contribution < -0.4 is 5.32 Å². The molecule has 1 saturated heterocycles. The van der Waals surface area contributed by atoms with E-state index in [4.69, 9.17) is 11.6 Å². The number of nitrogens with zero attached hydrogens (tertiary/aromatic N) is 3. The van der Waals surface area contributed by atoms with E-state index in [0.29, 0.717) is 57.4 Å². The Hall–Kier alpha value is -2.20. The lowest BCUT2D eigenvalue weighted by molar-refractivity contribution is 0.156. The van der Waals surface area contributed by atoms with Crippen LogP contribution >= 0.6 is 11.6 Å². The second-order valence-corrected chi connectivity index (χ2v) is 12.1. The van der Waals surface area contributed by atoms with Gasteiger partial charge in [0, 0.05) is 57.4 Å². The number of carbonyl (C=O) groups excluding carboxylic acids is 1. The van der Waals surface area contributed by atoms with Gasteiger partial charge in [0.25, 0.3) is 0 Å². The smallest absolute Gasteiger partial charge is 0.317 e. The molecule has 0 aromatic heterocycles. The van der Waals surface area contributed by atoms with Gasteiger partial charge in [0.05, 0.1) is 4.90 Å². The molecule has 2 amide bonds. The van der Waals surface area contributed by atoms with Crippen LogP contribution in [0.4, 0.5) is 9.18 Å². The third-order valence-corrected chi connectivity index (χ3v) is 9.01. The number of halogens is 2. The van der Waals surface area contributed by atoms with Gasteiger partial charge in [0.15, 0.2) is 0 Å². The van der Waals surface area contributed by atoms with Crippen LogP contribution in [0.15, 0.2) is 53.4 Å². The first-order valence-electron chi connectivity index (χ1n) is 13.5. The van der Waals surface area contributed by atoms with E-state index in [2.05, 4.69) is 17.1 Å². The first kappa shape index (κ1) is 30.3. The molecule has 1 fully saturated rings. The highest BCUT2D eigenvalue weighted by Gasteiger charge is 2.28. The average molecular weight is 567 g/mol. The Morgan fingerprint density at radius 3 is 2.24 bits per heavy atom. The predicted molar refractivity (Wildman–Crippen MR) is 150 cm³/mol. The number of amides is 2. The highest BCUT2D eigenvalue weighted by Crippen LogP contribution is 2.20. The minimum Gasteiger partial charge on any atom is -0.338 e. The topological polar surface area (TPSA) is 73.0 Å². The third-order valence-electron chi connectivity index (χ3n) is 6.85. The van der Waals surface area contributed by atoms with E-state index >= 15 is 0 Å². The van der Waals surface area contributed by atoms with Crippen LogP contribution in [0.5, 0.6) is 0 Å². The zero-order valence-electron chi connectivity index (χ0n) is 22.2. The fraction of sp³-hybridized carbons (Fsp3) is 0.536. The van der Waals surface area contributed by atoms with Crippen LogP contribution in [0, 0.1) is 5.82 Å². The summed E-state index contributed by atoms with van der Waals surface area (Å²) in [6.07, 6.45) is 6.92. The first-order valence-corrected chi connectivity index (χ1v) is 15.4. The van der Waals surface area contributed by atoms with Crippen molar-refractivity contribution >= 4 is 27.7 Å². The number of hydrogen-bond acceptors (Lipinski definition) is 4. The number of carbonyl (C=O) groups is 1. The third kappa shape index (κ3) is 9.52. The molecule has 38 heavy (non-hydrogen) atoms. The maximum absolute atomic E-state index is 13.4. The summed E-state index contributed by atoms with van der Waals surface area (Å²) in [6, 6.07) is 12.3. The SMILES string of the molecule is CCCCCCCCNC(=O)N(CCN1CCN(S(=O)(=O)c2ccc(Cl)cc2)CC1)Cc1ccc(F)cc1. The van der Waals surface area contributed by atoms with Crippen LogP contribution in [0.25, 0.3) is 0 Å². The molecule has 0 spiro atoms. The number of piperazine rings is 1. The van der Waals surface area contributed by atoms with E-state index in [-0.39, 0.29) is 16.7 Å². The van der Waals surface area contributed by atoms with Gasteiger partial charge in [-0.15, -0.1) is 0 Å². The number of sulfonamides is 1. The molecule has 0 radical (unpaired) electrons. The highest BCUT2D eigenvalue weighted by molar-refractivity contribution is 7.89. The zero-order chi connectivity index (χ0) is 27.4. The molecular weight excluding hydrogens is 527 g/mol. The van der Waals surface area contributed by atoms with Crippen LogP contribution in [0.3, 0.4) is 0 Å². The van der Waals surface area contributed by atoms with Crippen LogP contribution in [-0.4, -0.2) is 74.4 Å². The highest BCUT2D eigenvalue weighted by atomic mass is 35.5. The largest absolute Gasteiger partial charge is 0.338 e. The average Bonchev–Trinajstić information content (AvgIpc) is 2.92. The molecule has 1 aliphatic heterocycles. The lowest BCUT2D eigenvalue weighted by Gasteiger charge is -2.35. The van der Waals surface area contributed by atoms with E-state index in [0.717, 1.165) is 18.4 Å².